The highest BCUT2D eigenvalue weighted by Crippen LogP contribution is 2.38. The lowest BCUT2D eigenvalue weighted by atomic mass is 9.95. The highest BCUT2D eigenvalue weighted by Gasteiger charge is 2.28. The average molecular weight is 584 g/mol. The summed E-state index contributed by atoms with van der Waals surface area (Å²) in [5.41, 5.74) is 5.28. The van der Waals surface area contributed by atoms with Gasteiger partial charge in [0.05, 0.1) is 23.9 Å². The first kappa shape index (κ1) is 28.7. The molecule has 0 saturated heterocycles. The van der Waals surface area contributed by atoms with Crippen molar-refractivity contribution in [2.45, 2.75) is 39.5 Å². The van der Waals surface area contributed by atoms with E-state index < -0.39 is 23.8 Å². The normalized spacial score (nSPS) is 12.5. The van der Waals surface area contributed by atoms with Crippen LogP contribution in [0.3, 0.4) is 0 Å². The Morgan fingerprint density at radius 2 is 1.69 bits per heavy atom. The first-order valence-corrected chi connectivity index (χ1v) is 14.4. The molecule has 0 saturated carbocycles. The summed E-state index contributed by atoms with van der Waals surface area (Å²) in [5.74, 6) is -2.82. The van der Waals surface area contributed by atoms with E-state index in [1.54, 1.807) is 25.1 Å². The Kier molecular flexibility index (Phi) is 8.73. The maximum atomic E-state index is 12.8. The third-order valence-electron chi connectivity index (χ3n) is 6.86. The predicted octanol–water partition coefficient (Wildman–Crippen LogP) is 5.57. The Hall–Kier alpha value is -4.83. The zero-order valence-corrected chi connectivity index (χ0v) is 24.0. The van der Waals surface area contributed by atoms with Crippen LogP contribution in [0.5, 0.6) is 5.75 Å². The molecular formula is C32H29N3O6S. The zero-order valence-electron chi connectivity index (χ0n) is 23.2. The van der Waals surface area contributed by atoms with E-state index in [1.807, 2.05) is 49.4 Å². The highest BCUT2D eigenvalue weighted by molar-refractivity contribution is 7.17. The minimum absolute atomic E-state index is 0.197. The van der Waals surface area contributed by atoms with Crippen LogP contribution >= 0.6 is 11.3 Å². The number of aryl methyl sites for hydroxylation is 2. The number of fused-ring (bicyclic) bond motifs is 2. The third kappa shape index (κ3) is 6.23. The van der Waals surface area contributed by atoms with Gasteiger partial charge < -0.3 is 14.8 Å². The van der Waals surface area contributed by atoms with Crippen LogP contribution < -0.4 is 15.5 Å². The maximum Gasteiger partial charge on any atom is 0.343 e. The molecule has 0 fully saturated rings. The number of amides is 2. The molecular weight excluding hydrogens is 554 g/mol. The van der Waals surface area contributed by atoms with Gasteiger partial charge in [-0.15, -0.1) is 11.3 Å². The minimum Gasteiger partial charge on any atom is -0.462 e. The van der Waals surface area contributed by atoms with E-state index in [-0.39, 0.29) is 12.4 Å². The van der Waals surface area contributed by atoms with Gasteiger partial charge in [-0.2, -0.15) is 5.10 Å². The second kappa shape index (κ2) is 12.8. The largest absolute Gasteiger partial charge is 0.462 e. The number of rotatable bonds is 7. The molecule has 1 heterocycles. The topological polar surface area (TPSA) is 123 Å². The van der Waals surface area contributed by atoms with E-state index in [1.165, 1.54) is 17.6 Å². The van der Waals surface area contributed by atoms with Crippen molar-refractivity contribution in [3.63, 3.8) is 0 Å². The van der Waals surface area contributed by atoms with Gasteiger partial charge in [-0.25, -0.2) is 15.0 Å². The number of benzene rings is 3. The van der Waals surface area contributed by atoms with Crippen molar-refractivity contribution in [2.75, 3.05) is 11.9 Å². The van der Waals surface area contributed by atoms with Crippen LogP contribution in [0.4, 0.5) is 5.00 Å². The third-order valence-corrected chi connectivity index (χ3v) is 8.07. The Bertz CT molecular complexity index is 1710. The maximum absolute atomic E-state index is 12.8. The van der Waals surface area contributed by atoms with Gasteiger partial charge in [0.15, 0.2) is 0 Å². The van der Waals surface area contributed by atoms with Crippen molar-refractivity contribution >= 4 is 57.1 Å². The lowest BCUT2D eigenvalue weighted by Crippen LogP contribution is -2.32. The summed E-state index contributed by atoms with van der Waals surface area (Å²) < 4.78 is 10.9. The van der Waals surface area contributed by atoms with Gasteiger partial charge in [0.1, 0.15) is 10.8 Å². The van der Waals surface area contributed by atoms with Gasteiger partial charge >= 0.3 is 23.8 Å². The summed E-state index contributed by atoms with van der Waals surface area (Å²) in [6.45, 7) is 3.84. The van der Waals surface area contributed by atoms with Gasteiger partial charge in [0, 0.05) is 10.4 Å². The zero-order chi connectivity index (χ0) is 29.6. The predicted molar refractivity (Wildman–Crippen MR) is 161 cm³/mol. The molecule has 1 aliphatic rings. The van der Waals surface area contributed by atoms with E-state index >= 15 is 0 Å². The number of ether oxygens (including phenoxy) is 2. The van der Waals surface area contributed by atoms with E-state index in [0.717, 1.165) is 46.0 Å². The molecule has 0 unspecified atom stereocenters. The summed E-state index contributed by atoms with van der Waals surface area (Å²) in [7, 11) is 0. The molecule has 1 aliphatic carbocycles. The second-order valence-corrected chi connectivity index (χ2v) is 10.8. The smallest absolute Gasteiger partial charge is 0.343 e. The Morgan fingerprint density at radius 1 is 0.929 bits per heavy atom. The molecule has 2 N–H and O–H groups in total. The molecule has 0 atom stereocenters. The summed E-state index contributed by atoms with van der Waals surface area (Å²) >= 11 is 1.29. The number of hydrogen-bond donors (Lipinski definition) is 2. The van der Waals surface area contributed by atoms with Crippen molar-refractivity contribution in [3.05, 3.63) is 93.4 Å². The fourth-order valence-electron chi connectivity index (χ4n) is 4.79. The van der Waals surface area contributed by atoms with Gasteiger partial charge in [0.25, 0.3) is 0 Å². The highest BCUT2D eigenvalue weighted by atomic mass is 32.1. The van der Waals surface area contributed by atoms with Crippen molar-refractivity contribution in [2.24, 2.45) is 5.10 Å². The van der Waals surface area contributed by atoms with Crippen molar-refractivity contribution < 1.29 is 28.7 Å². The molecule has 0 spiro atoms. The van der Waals surface area contributed by atoms with Crippen molar-refractivity contribution in [1.82, 2.24) is 5.43 Å². The Balaban J connectivity index is 1.34. The molecule has 0 bridgehead atoms. The Labute approximate surface area is 246 Å². The molecule has 9 nitrogen and oxygen atoms in total. The molecule has 1 aromatic heterocycles. The molecule has 0 aliphatic heterocycles. The molecule has 3 aromatic carbocycles. The first-order chi connectivity index (χ1) is 20.4. The minimum atomic E-state index is -1.02. The van der Waals surface area contributed by atoms with E-state index in [0.29, 0.717) is 28.1 Å². The Morgan fingerprint density at radius 3 is 2.48 bits per heavy atom. The van der Waals surface area contributed by atoms with E-state index in [9.17, 15) is 19.2 Å². The number of anilines is 1. The average Bonchev–Trinajstić information content (AvgIpc) is 3.36. The van der Waals surface area contributed by atoms with Crippen LogP contribution in [0.15, 0.2) is 65.8 Å². The number of esters is 2. The summed E-state index contributed by atoms with van der Waals surface area (Å²) in [6, 6.07) is 17.9. The summed E-state index contributed by atoms with van der Waals surface area (Å²) in [6.07, 6.45) is 4.79. The standard InChI is InChI=1S/C32H29N3O6S/c1-3-40-32(39)27-23-10-6-7-11-26(23)42-30(27)34-28(36)29(37)35-33-18-24-22-9-5-4-8-20(22)16-17-25(24)41-31(38)21-14-12-19(2)13-15-21/h4-5,8-9,12-18H,3,6-7,10-11H2,1-2H3,(H,34,36)(H,35,37)/b33-18+. The second-order valence-electron chi connectivity index (χ2n) is 9.74. The van der Waals surface area contributed by atoms with Crippen molar-refractivity contribution in [1.29, 1.82) is 0 Å². The van der Waals surface area contributed by atoms with Gasteiger partial charge in [-0.3, -0.25) is 9.59 Å². The van der Waals surface area contributed by atoms with E-state index in [4.69, 9.17) is 9.47 Å². The molecule has 214 valence electrons. The number of carbonyl (C=O) groups excluding carboxylic acids is 4. The summed E-state index contributed by atoms with van der Waals surface area (Å²) in [4.78, 5) is 52.0. The lowest BCUT2D eigenvalue weighted by molar-refractivity contribution is -0.136. The van der Waals surface area contributed by atoms with Crippen molar-refractivity contribution in [3.8, 4) is 5.75 Å². The molecule has 5 rings (SSSR count). The number of carbonyl (C=O) groups is 4. The summed E-state index contributed by atoms with van der Waals surface area (Å²) in [5, 5.41) is 8.46. The number of hydrazone groups is 1. The van der Waals surface area contributed by atoms with Gasteiger partial charge in [-0.1, -0.05) is 48.0 Å². The number of nitrogens with zero attached hydrogens (tertiary/aromatic N) is 1. The monoisotopic (exact) mass is 583 g/mol. The molecule has 0 radical (unpaired) electrons. The van der Waals surface area contributed by atoms with Crippen LogP contribution in [0, 0.1) is 6.92 Å². The molecule has 10 heteroatoms. The van der Waals surface area contributed by atoms with Crippen LogP contribution in [0.1, 0.15) is 62.0 Å². The number of hydrogen-bond acceptors (Lipinski definition) is 8. The molecule has 42 heavy (non-hydrogen) atoms. The van der Waals surface area contributed by atoms with Crippen LogP contribution in [0.2, 0.25) is 0 Å². The van der Waals surface area contributed by atoms with Gasteiger partial charge in [-0.05, 0) is 74.1 Å². The van der Waals surface area contributed by atoms with Crippen LogP contribution in [-0.4, -0.2) is 36.6 Å². The van der Waals surface area contributed by atoms with E-state index in [2.05, 4.69) is 15.8 Å². The van der Waals surface area contributed by atoms with Crippen LogP contribution in [-0.2, 0) is 27.2 Å². The number of thiophene rings is 1. The van der Waals surface area contributed by atoms with Gasteiger partial charge in [0.2, 0.25) is 0 Å². The number of nitrogens with one attached hydrogen (secondary N) is 2. The fourth-order valence-corrected chi connectivity index (χ4v) is 6.06. The fraction of sp³-hybridized carbons (Fsp3) is 0.219. The molecule has 2 amide bonds. The SMILES string of the molecule is CCOC(=O)c1c(NC(=O)C(=O)N/N=C/c2c(OC(=O)c3ccc(C)cc3)ccc3ccccc23)sc2c1CCCC2. The van der Waals surface area contributed by atoms with Crippen LogP contribution in [0.25, 0.3) is 10.8 Å². The lowest BCUT2D eigenvalue weighted by Gasteiger charge is -2.12. The quantitative estimate of drug-likeness (QED) is 0.0964. The molecule has 4 aromatic rings. The first-order valence-electron chi connectivity index (χ1n) is 13.6.